The zero-order chi connectivity index (χ0) is 10.8. The number of ether oxygens (including phenoxy) is 1. The van der Waals surface area contributed by atoms with Gasteiger partial charge in [-0.25, -0.2) is 4.18 Å². The molecule has 1 aliphatic heterocycles. The van der Waals surface area contributed by atoms with Crippen molar-refractivity contribution < 1.29 is 32.1 Å². The van der Waals surface area contributed by atoms with E-state index in [1.807, 2.05) is 0 Å². The first-order valence-electron chi connectivity index (χ1n) is 3.98. The van der Waals surface area contributed by atoms with Gasteiger partial charge in [-0.1, -0.05) is 0 Å². The molecule has 0 amide bonds. The highest BCUT2D eigenvalue weighted by atomic mass is 32.3. The monoisotopic (exact) mass is 228 g/mol. The van der Waals surface area contributed by atoms with Crippen LogP contribution in [0.25, 0.3) is 0 Å². The molecule has 1 rings (SSSR count). The highest BCUT2D eigenvalue weighted by Crippen LogP contribution is 2.14. The van der Waals surface area contributed by atoms with E-state index in [2.05, 4.69) is 4.18 Å². The van der Waals surface area contributed by atoms with Crippen LogP contribution in [0.15, 0.2) is 0 Å². The topological polar surface area (TPSA) is 113 Å². The maximum atomic E-state index is 10.2. The third kappa shape index (κ3) is 3.86. The van der Waals surface area contributed by atoms with Gasteiger partial charge in [0.1, 0.15) is 6.10 Å². The van der Waals surface area contributed by atoms with E-state index in [0.29, 0.717) is 0 Å². The van der Waals surface area contributed by atoms with Gasteiger partial charge in [-0.2, -0.15) is 8.42 Å². The molecule has 8 heteroatoms. The molecule has 0 aromatic heterocycles. The van der Waals surface area contributed by atoms with Crippen LogP contribution in [0.1, 0.15) is 6.42 Å². The van der Waals surface area contributed by atoms with Crippen molar-refractivity contribution in [3.8, 4) is 0 Å². The smallest absolute Gasteiger partial charge is 0.390 e. The highest BCUT2D eigenvalue weighted by molar-refractivity contribution is 7.80. The van der Waals surface area contributed by atoms with Gasteiger partial charge >= 0.3 is 10.4 Å². The van der Waals surface area contributed by atoms with E-state index in [0.717, 1.165) is 0 Å². The summed E-state index contributed by atoms with van der Waals surface area (Å²) in [7, 11) is -4.48. The van der Waals surface area contributed by atoms with Crippen molar-refractivity contribution in [2.75, 3.05) is 13.2 Å². The molecule has 1 heterocycles. The zero-order valence-electron chi connectivity index (χ0n) is 7.24. The second-order valence-corrected chi connectivity index (χ2v) is 4.13. The molecule has 3 atom stereocenters. The lowest BCUT2D eigenvalue weighted by Gasteiger charge is -2.29. The molecule has 0 bridgehead atoms. The standard InChI is InChI=1S/C6H12O7S/c7-5-1-4(12-3-6(5)8)2-13-14(9,10)11/h4-8H,1-3H2,(H,9,10,11). The normalized spacial score (nSPS) is 34.4. The van der Waals surface area contributed by atoms with Crippen molar-refractivity contribution in [2.24, 2.45) is 0 Å². The van der Waals surface area contributed by atoms with E-state index >= 15 is 0 Å². The van der Waals surface area contributed by atoms with E-state index in [1.165, 1.54) is 0 Å². The fourth-order valence-corrected chi connectivity index (χ4v) is 1.44. The Morgan fingerprint density at radius 3 is 2.50 bits per heavy atom. The van der Waals surface area contributed by atoms with Crippen molar-refractivity contribution >= 4 is 10.4 Å². The van der Waals surface area contributed by atoms with Gasteiger partial charge in [0.15, 0.2) is 0 Å². The Kier molecular flexibility index (Phi) is 3.81. The lowest BCUT2D eigenvalue weighted by Crippen LogP contribution is -2.43. The first kappa shape index (κ1) is 11.8. The molecule has 0 saturated carbocycles. The van der Waals surface area contributed by atoms with Crippen LogP contribution >= 0.6 is 0 Å². The Morgan fingerprint density at radius 1 is 1.36 bits per heavy atom. The molecule has 7 nitrogen and oxygen atoms in total. The van der Waals surface area contributed by atoms with E-state index in [-0.39, 0.29) is 19.6 Å². The van der Waals surface area contributed by atoms with Crippen molar-refractivity contribution in [3.63, 3.8) is 0 Å². The minimum atomic E-state index is -4.48. The summed E-state index contributed by atoms with van der Waals surface area (Å²) in [5, 5.41) is 18.2. The second-order valence-electron chi connectivity index (χ2n) is 3.04. The van der Waals surface area contributed by atoms with Gasteiger partial charge in [0, 0.05) is 6.42 Å². The Balaban J connectivity index is 2.34. The summed E-state index contributed by atoms with van der Waals surface area (Å²) in [6, 6.07) is 0. The molecule has 14 heavy (non-hydrogen) atoms. The molecule has 0 aromatic rings. The zero-order valence-corrected chi connectivity index (χ0v) is 8.05. The number of rotatable bonds is 3. The third-order valence-electron chi connectivity index (χ3n) is 1.85. The molecule has 0 aromatic carbocycles. The van der Waals surface area contributed by atoms with E-state index < -0.39 is 28.7 Å². The minimum Gasteiger partial charge on any atom is -0.390 e. The number of hydrogen-bond donors (Lipinski definition) is 3. The molecule has 1 aliphatic rings. The van der Waals surface area contributed by atoms with Crippen LogP contribution in [0.2, 0.25) is 0 Å². The first-order chi connectivity index (χ1) is 6.38. The van der Waals surface area contributed by atoms with Crippen LogP contribution in [-0.2, 0) is 19.3 Å². The Labute approximate surface area is 81.2 Å². The molecule has 0 radical (unpaired) electrons. The number of aliphatic hydroxyl groups is 2. The van der Waals surface area contributed by atoms with Crippen LogP contribution in [-0.4, -0.2) is 54.7 Å². The summed E-state index contributed by atoms with van der Waals surface area (Å²) >= 11 is 0. The summed E-state index contributed by atoms with van der Waals surface area (Å²) in [6.45, 7) is -0.455. The van der Waals surface area contributed by atoms with E-state index in [4.69, 9.17) is 14.4 Å². The Morgan fingerprint density at radius 2 is 2.00 bits per heavy atom. The molecule has 84 valence electrons. The van der Waals surface area contributed by atoms with E-state index in [1.54, 1.807) is 0 Å². The fourth-order valence-electron chi connectivity index (χ4n) is 1.12. The largest absolute Gasteiger partial charge is 0.397 e. The number of aliphatic hydroxyl groups excluding tert-OH is 2. The van der Waals surface area contributed by atoms with Crippen LogP contribution in [0, 0.1) is 0 Å². The summed E-state index contributed by atoms with van der Waals surface area (Å²) in [5.74, 6) is 0. The predicted molar refractivity (Wildman–Crippen MR) is 43.9 cm³/mol. The first-order valence-corrected chi connectivity index (χ1v) is 5.34. The van der Waals surface area contributed by atoms with Crippen LogP contribution in [0.5, 0.6) is 0 Å². The average Bonchev–Trinajstić information content (AvgIpc) is 2.06. The maximum Gasteiger partial charge on any atom is 0.397 e. The summed E-state index contributed by atoms with van der Waals surface area (Å²) < 4.78 is 37.6. The average molecular weight is 228 g/mol. The highest BCUT2D eigenvalue weighted by Gasteiger charge is 2.29. The third-order valence-corrected chi connectivity index (χ3v) is 2.29. The summed E-state index contributed by atoms with van der Waals surface area (Å²) in [6.07, 6.45) is -2.50. The molecule has 3 unspecified atom stereocenters. The van der Waals surface area contributed by atoms with Crippen molar-refractivity contribution in [2.45, 2.75) is 24.7 Å². The Bertz CT molecular complexity index is 274. The van der Waals surface area contributed by atoms with Crippen LogP contribution in [0.3, 0.4) is 0 Å². The predicted octanol–water partition coefficient (Wildman–Crippen LogP) is -1.68. The molecule has 0 spiro atoms. The molecule has 1 saturated heterocycles. The molecule has 3 N–H and O–H groups in total. The molecule has 0 aliphatic carbocycles. The SMILES string of the molecule is O=S(=O)(O)OCC1CC(O)C(O)CO1. The summed E-state index contributed by atoms with van der Waals surface area (Å²) in [4.78, 5) is 0. The lowest BCUT2D eigenvalue weighted by molar-refractivity contribution is -0.129. The summed E-state index contributed by atoms with van der Waals surface area (Å²) in [5.41, 5.74) is 0. The lowest BCUT2D eigenvalue weighted by atomic mass is 10.0. The van der Waals surface area contributed by atoms with E-state index in [9.17, 15) is 13.5 Å². The minimum absolute atomic E-state index is 0.0662. The quantitative estimate of drug-likeness (QED) is 0.494. The van der Waals surface area contributed by atoms with Gasteiger partial charge in [-0.15, -0.1) is 0 Å². The molecular weight excluding hydrogens is 216 g/mol. The molecular formula is C6H12O7S. The second kappa shape index (κ2) is 4.51. The maximum absolute atomic E-state index is 10.2. The van der Waals surface area contributed by atoms with Crippen LogP contribution in [0.4, 0.5) is 0 Å². The van der Waals surface area contributed by atoms with Gasteiger partial charge in [0.05, 0.1) is 25.4 Å². The van der Waals surface area contributed by atoms with Crippen LogP contribution < -0.4 is 0 Å². The van der Waals surface area contributed by atoms with Gasteiger partial charge in [-0.3, -0.25) is 4.55 Å². The van der Waals surface area contributed by atoms with Crippen molar-refractivity contribution in [3.05, 3.63) is 0 Å². The Hall–Kier alpha value is -0.250. The fraction of sp³-hybridized carbons (Fsp3) is 1.00. The van der Waals surface area contributed by atoms with Gasteiger partial charge in [0.25, 0.3) is 0 Å². The number of hydrogen-bond acceptors (Lipinski definition) is 6. The van der Waals surface area contributed by atoms with Crippen molar-refractivity contribution in [1.29, 1.82) is 0 Å². The van der Waals surface area contributed by atoms with Gasteiger partial charge in [0.2, 0.25) is 0 Å². The molecule has 1 fully saturated rings. The van der Waals surface area contributed by atoms with Gasteiger partial charge < -0.3 is 14.9 Å². The van der Waals surface area contributed by atoms with Crippen molar-refractivity contribution in [1.82, 2.24) is 0 Å². The van der Waals surface area contributed by atoms with Gasteiger partial charge in [-0.05, 0) is 0 Å².